The Morgan fingerprint density at radius 1 is 0.963 bits per heavy atom. The van der Waals surface area contributed by atoms with Crippen LogP contribution in [0.4, 0.5) is 4.79 Å². The van der Waals surface area contributed by atoms with E-state index in [-0.39, 0.29) is 18.0 Å². The van der Waals surface area contributed by atoms with Gasteiger partial charge in [0.2, 0.25) is 5.91 Å². The maximum Gasteiger partial charge on any atom is 0.317 e. The number of urea groups is 1. The number of nitrogens with zero attached hydrogens (tertiary/aromatic N) is 3. The van der Waals surface area contributed by atoms with Crippen LogP contribution in [-0.2, 0) is 11.2 Å². The number of benzene rings is 1. The fraction of sp³-hybridized carbons (Fsp3) is 0.619. The second-order valence-electron chi connectivity index (χ2n) is 7.65. The van der Waals surface area contributed by atoms with Gasteiger partial charge in [0.15, 0.2) is 0 Å². The lowest BCUT2D eigenvalue weighted by Gasteiger charge is -2.33. The normalized spacial score (nSPS) is 19.6. The van der Waals surface area contributed by atoms with Crippen LogP contribution in [0.15, 0.2) is 30.3 Å². The fourth-order valence-corrected chi connectivity index (χ4v) is 3.93. The lowest BCUT2D eigenvalue weighted by Crippen LogP contribution is -2.50. The minimum atomic E-state index is 0.0307. The number of amides is 3. The summed E-state index contributed by atoms with van der Waals surface area (Å²) in [6.07, 6.45) is 3.95. The minimum absolute atomic E-state index is 0.0307. The van der Waals surface area contributed by atoms with E-state index in [0.717, 1.165) is 58.4 Å². The van der Waals surface area contributed by atoms with E-state index in [1.807, 2.05) is 9.80 Å². The quantitative estimate of drug-likeness (QED) is 0.879. The molecule has 0 saturated carbocycles. The first-order valence-electron chi connectivity index (χ1n) is 10.2. The largest absolute Gasteiger partial charge is 0.341 e. The molecule has 3 amide bonds. The molecule has 27 heavy (non-hydrogen) atoms. The van der Waals surface area contributed by atoms with Gasteiger partial charge in [-0.2, -0.15) is 0 Å². The molecule has 0 radical (unpaired) electrons. The number of piperidine rings is 1. The molecule has 6 heteroatoms. The highest BCUT2D eigenvalue weighted by atomic mass is 16.2. The molecule has 2 heterocycles. The third kappa shape index (κ3) is 5.96. The summed E-state index contributed by atoms with van der Waals surface area (Å²) in [7, 11) is 0. The Balaban J connectivity index is 1.37. The molecular formula is C21H32N4O2. The van der Waals surface area contributed by atoms with Gasteiger partial charge in [-0.05, 0) is 31.2 Å². The average molecular weight is 373 g/mol. The maximum atomic E-state index is 12.6. The van der Waals surface area contributed by atoms with Crippen LogP contribution in [0, 0.1) is 0 Å². The van der Waals surface area contributed by atoms with Crippen molar-refractivity contribution < 1.29 is 9.59 Å². The number of rotatable bonds is 4. The predicted molar refractivity (Wildman–Crippen MR) is 107 cm³/mol. The molecule has 1 aromatic carbocycles. The molecule has 3 rings (SSSR count). The smallest absolute Gasteiger partial charge is 0.317 e. The lowest BCUT2D eigenvalue weighted by molar-refractivity contribution is -0.128. The van der Waals surface area contributed by atoms with Crippen LogP contribution in [0.1, 0.15) is 31.7 Å². The molecule has 6 nitrogen and oxygen atoms in total. The summed E-state index contributed by atoms with van der Waals surface area (Å²) in [4.78, 5) is 30.3. The van der Waals surface area contributed by atoms with Crippen LogP contribution in [0.3, 0.4) is 0 Å². The zero-order valence-corrected chi connectivity index (χ0v) is 16.4. The van der Waals surface area contributed by atoms with Crippen LogP contribution < -0.4 is 5.32 Å². The third-order valence-corrected chi connectivity index (χ3v) is 5.70. The third-order valence-electron chi connectivity index (χ3n) is 5.70. The van der Waals surface area contributed by atoms with Crippen LogP contribution in [0.2, 0.25) is 0 Å². The zero-order valence-electron chi connectivity index (χ0n) is 16.4. The van der Waals surface area contributed by atoms with Crippen LogP contribution >= 0.6 is 0 Å². The van der Waals surface area contributed by atoms with Gasteiger partial charge in [0.05, 0.1) is 0 Å². The van der Waals surface area contributed by atoms with E-state index in [9.17, 15) is 9.59 Å². The molecule has 2 aliphatic rings. The predicted octanol–water partition coefficient (Wildman–Crippen LogP) is 1.96. The van der Waals surface area contributed by atoms with Crippen molar-refractivity contribution in [2.24, 2.45) is 0 Å². The molecule has 1 N–H and O–H groups in total. The second-order valence-corrected chi connectivity index (χ2v) is 7.65. The Hall–Kier alpha value is -2.08. The Kier molecular flexibility index (Phi) is 7.10. The van der Waals surface area contributed by atoms with Crippen molar-refractivity contribution in [1.82, 2.24) is 20.0 Å². The number of nitrogens with one attached hydrogen (secondary N) is 1. The topological polar surface area (TPSA) is 55.9 Å². The van der Waals surface area contributed by atoms with E-state index in [0.29, 0.717) is 13.1 Å². The summed E-state index contributed by atoms with van der Waals surface area (Å²) in [5, 5.41) is 3.21. The van der Waals surface area contributed by atoms with Crippen molar-refractivity contribution in [2.45, 2.75) is 38.6 Å². The summed E-state index contributed by atoms with van der Waals surface area (Å²) in [6.45, 7) is 7.50. The van der Waals surface area contributed by atoms with Crippen molar-refractivity contribution in [2.75, 3.05) is 45.8 Å². The molecule has 148 valence electrons. The standard InChI is InChI=1S/C21H32N4O2/c1-18(26)24-11-5-12-25(17-16-24)21(27)22-20-9-14-23(15-10-20)13-8-19-6-3-2-4-7-19/h2-4,6-7,20H,5,8-17H2,1H3,(H,22,27). The van der Waals surface area contributed by atoms with E-state index in [2.05, 4.69) is 40.5 Å². The molecule has 2 aliphatic heterocycles. The number of likely N-dealkylation sites (tertiary alicyclic amines) is 1. The number of carbonyl (C=O) groups excluding carboxylic acids is 2. The van der Waals surface area contributed by atoms with Gasteiger partial charge in [-0.25, -0.2) is 4.79 Å². The first-order chi connectivity index (χ1) is 13.1. The number of hydrogen-bond acceptors (Lipinski definition) is 3. The van der Waals surface area contributed by atoms with Gasteiger partial charge in [0.25, 0.3) is 0 Å². The SMILES string of the molecule is CC(=O)N1CCCN(C(=O)NC2CCN(CCc3ccccc3)CC2)CC1. The highest BCUT2D eigenvalue weighted by Crippen LogP contribution is 2.13. The summed E-state index contributed by atoms with van der Waals surface area (Å²) in [5.41, 5.74) is 1.38. The molecule has 0 bridgehead atoms. The maximum absolute atomic E-state index is 12.6. The monoisotopic (exact) mass is 372 g/mol. The summed E-state index contributed by atoms with van der Waals surface area (Å²) >= 11 is 0. The van der Waals surface area contributed by atoms with Gasteiger partial charge in [0.1, 0.15) is 0 Å². The lowest BCUT2D eigenvalue weighted by atomic mass is 10.0. The highest BCUT2D eigenvalue weighted by Gasteiger charge is 2.24. The molecule has 1 aromatic rings. The molecule has 0 aromatic heterocycles. The Labute approximate surface area is 162 Å². The summed E-state index contributed by atoms with van der Waals surface area (Å²) in [5.74, 6) is 0.0973. The van der Waals surface area contributed by atoms with Crippen molar-refractivity contribution in [3.63, 3.8) is 0 Å². The zero-order chi connectivity index (χ0) is 19.1. The highest BCUT2D eigenvalue weighted by molar-refractivity contribution is 5.75. The van der Waals surface area contributed by atoms with Crippen molar-refractivity contribution in [3.05, 3.63) is 35.9 Å². The number of carbonyl (C=O) groups is 2. The van der Waals surface area contributed by atoms with Gasteiger partial charge in [-0.1, -0.05) is 30.3 Å². The Morgan fingerprint density at radius 3 is 2.33 bits per heavy atom. The van der Waals surface area contributed by atoms with E-state index in [1.165, 1.54) is 5.56 Å². The summed E-state index contributed by atoms with van der Waals surface area (Å²) in [6, 6.07) is 10.9. The molecular weight excluding hydrogens is 340 g/mol. The van der Waals surface area contributed by atoms with Gasteiger partial charge >= 0.3 is 6.03 Å². The first kappa shape index (κ1) is 19.7. The van der Waals surface area contributed by atoms with Crippen LogP contribution in [0.5, 0.6) is 0 Å². The van der Waals surface area contributed by atoms with E-state index >= 15 is 0 Å². The molecule has 0 atom stereocenters. The average Bonchev–Trinajstić information content (AvgIpc) is 2.95. The van der Waals surface area contributed by atoms with Crippen molar-refractivity contribution in [3.8, 4) is 0 Å². The molecule has 0 spiro atoms. The van der Waals surface area contributed by atoms with Gasteiger partial charge in [-0.15, -0.1) is 0 Å². The van der Waals surface area contributed by atoms with Gasteiger partial charge < -0.3 is 20.0 Å². The van der Waals surface area contributed by atoms with Crippen molar-refractivity contribution >= 4 is 11.9 Å². The number of hydrogen-bond donors (Lipinski definition) is 1. The van der Waals surface area contributed by atoms with Gasteiger partial charge in [-0.3, -0.25) is 4.79 Å². The molecule has 0 unspecified atom stereocenters. The Bertz CT molecular complexity index is 614. The first-order valence-corrected chi connectivity index (χ1v) is 10.2. The van der Waals surface area contributed by atoms with E-state index in [4.69, 9.17) is 0 Å². The van der Waals surface area contributed by atoms with Crippen LogP contribution in [0.25, 0.3) is 0 Å². The van der Waals surface area contributed by atoms with E-state index in [1.54, 1.807) is 6.92 Å². The van der Waals surface area contributed by atoms with Gasteiger partial charge in [0, 0.05) is 58.8 Å². The summed E-state index contributed by atoms with van der Waals surface area (Å²) < 4.78 is 0. The molecule has 0 aliphatic carbocycles. The van der Waals surface area contributed by atoms with E-state index < -0.39 is 0 Å². The fourth-order valence-electron chi connectivity index (χ4n) is 3.93. The molecule has 2 saturated heterocycles. The van der Waals surface area contributed by atoms with Crippen molar-refractivity contribution in [1.29, 1.82) is 0 Å². The van der Waals surface area contributed by atoms with Crippen LogP contribution in [-0.4, -0.2) is 78.5 Å². The minimum Gasteiger partial charge on any atom is -0.341 e. The Morgan fingerprint density at radius 2 is 1.63 bits per heavy atom. The second kappa shape index (κ2) is 9.74. The molecule has 2 fully saturated rings.